The Morgan fingerprint density at radius 3 is 2.82 bits per heavy atom. The third-order valence-corrected chi connectivity index (χ3v) is 4.56. The fourth-order valence-corrected chi connectivity index (χ4v) is 3.68. The Morgan fingerprint density at radius 1 is 1.50 bits per heavy atom. The standard InChI is InChI=1S/C13H16N4O4S/c14-7-10-3-4-12(13(6-10)17(18)19)16-5-1-2-11(8-16)9-22(15,20)21/h3-4,6,11H,1-2,5,8-9H2,(H2,15,20,21)/t11-/m0/s1. The van der Waals surface area contributed by atoms with Crippen LogP contribution in [0.1, 0.15) is 18.4 Å². The van der Waals surface area contributed by atoms with Crippen molar-refractivity contribution in [1.29, 1.82) is 5.26 Å². The number of nitro groups is 1. The minimum absolute atomic E-state index is 0.131. The van der Waals surface area contributed by atoms with Gasteiger partial charge in [-0.2, -0.15) is 5.26 Å². The van der Waals surface area contributed by atoms with Crippen LogP contribution < -0.4 is 10.0 Å². The zero-order valence-corrected chi connectivity index (χ0v) is 12.6. The largest absolute Gasteiger partial charge is 0.366 e. The molecule has 2 rings (SSSR count). The van der Waals surface area contributed by atoms with Crippen LogP contribution in [0.25, 0.3) is 0 Å². The molecule has 1 fully saturated rings. The molecule has 1 heterocycles. The van der Waals surface area contributed by atoms with Crippen LogP contribution in [0.2, 0.25) is 0 Å². The smallest absolute Gasteiger partial charge is 0.293 e. The highest BCUT2D eigenvalue weighted by Gasteiger charge is 2.27. The average molecular weight is 324 g/mol. The van der Waals surface area contributed by atoms with Gasteiger partial charge in [0.25, 0.3) is 5.69 Å². The van der Waals surface area contributed by atoms with E-state index in [1.54, 1.807) is 4.90 Å². The summed E-state index contributed by atoms with van der Waals surface area (Å²) in [5, 5.41) is 25.1. The summed E-state index contributed by atoms with van der Waals surface area (Å²) < 4.78 is 22.4. The van der Waals surface area contributed by atoms with Crippen molar-refractivity contribution in [3.05, 3.63) is 33.9 Å². The lowest BCUT2D eigenvalue weighted by Gasteiger charge is -2.33. The van der Waals surface area contributed by atoms with Crippen molar-refractivity contribution in [1.82, 2.24) is 0 Å². The molecule has 0 spiro atoms. The zero-order chi connectivity index (χ0) is 16.3. The molecule has 0 saturated carbocycles. The van der Waals surface area contributed by atoms with E-state index in [0.717, 1.165) is 12.8 Å². The normalized spacial score (nSPS) is 18.7. The van der Waals surface area contributed by atoms with E-state index in [0.29, 0.717) is 18.8 Å². The first kappa shape index (κ1) is 16.2. The molecule has 8 nitrogen and oxygen atoms in total. The molecule has 1 atom stereocenters. The van der Waals surface area contributed by atoms with Crippen LogP contribution >= 0.6 is 0 Å². The number of benzene rings is 1. The van der Waals surface area contributed by atoms with Crippen LogP contribution in [0.5, 0.6) is 0 Å². The Balaban J connectivity index is 2.27. The van der Waals surface area contributed by atoms with E-state index in [1.807, 2.05) is 6.07 Å². The maximum atomic E-state index is 11.2. The number of sulfonamides is 1. The number of nitrogens with zero attached hydrogens (tertiary/aromatic N) is 3. The van der Waals surface area contributed by atoms with E-state index in [4.69, 9.17) is 10.4 Å². The highest BCUT2D eigenvalue weighted by atomic mass is 32.2. The summed E-state index contributed by atoms with van der Waals surface area (Å²) in [7, 11) is -3.57. The number of hydrogen-bond donors (Lipinski definition) is 1. The van der Waals surface area contributed by atoms with Gasteiger partial charge in [-0.3, -0.25) is 10.1 Å². The number of anilines is 1. The van der Waals surface area contributed by atoms with Crippen LogP contribution in [-0.2, 0) is 10.0 Å². The summed E-state index contributed by atoms with van der Waals surface area (Å²) in [5.41, 5.74) is 0.479. The van der Waals surface area contributed by atoms with Crippen molar-refractivity contribution in [2.24, 2.45) is 11.1 Å². The van der Waals surface area contributed by atoms with Gasteiger partial charge in [0.15, 0.2) is 0 Å². The highest BCUT2D eigenvalue weighted by Crippen LogP contribution is 2.32. The van der Waals surface area contributed by atoms with Crippen molar-refractivity contribution in [3.8, 4) is 6.07 Å². The molecule has 0 radical (unpaired) electrons. The average Bonchev–Trinajstić information content (AvgIpc) is 2.45. The molecule has 2 N–H and O–H groups in total. The molecule has 118 valence electrons. The summed E-state index contributed by atoms with van der Waals surface area (Å²) >= 11 is 0. The lowest BCUT2D eigenvalue weighted by Crippen LogP contribution is -2.39. The Hall–Kier alpha value is -2.18. The van der Waals surface area contributed by atoms with Crippen LogP contribution in [0.15, 0.2) is 18.2 Å². The van der Waals surface area contributed by atoms with Gasteiger partial charge < -0.3 is 4.90 Å². The van der Waals surface area contributed by atoms with Crippen molar-refractivity contribution in [2.45, 2.75) is 12.8 Å². The van der Waals surface area contributed by atoms with E-state index < -0.39 is 14.9 Å². The SMILES string of the molecule is N#Cc1ccc(N2CCC[C@H](CS(N)(=O)=O)C2)c([N+](=O)[O-])c1. The van der Waals surface area contributed by atoms with Gasteiger partial charge in [-0.05, 0) is 30.9 Å². The molecule has 22 heavy (non-hydrogen) atoms. The number of rotatable bonds is 4. The van der Waals surface area contributed by atoms with Crippen LogP contribution in [0.3, 0.4) is 0 Å². The summed E-state index contributed by atoms with van der Waals surface area (Å²) in [5.74, 6) is -0.285. The number of nitriles is 1. The Kier molecular flexibility index (Phi) is 4.63. The van der Waals surface area contributed by atoms with Crippen LogP contribution in [0, 0.1) is 27.4 Å². The van der Waals surface area contributed by atoms with Gasteiger partial charge in [0, 0.05) is 19.2 Å². The number of nitro benzene ring substituents is 1. The van der Waals surface area contributed by atoms with E-state index in [9.17, 15) is 18.5 Å². The maximum absolute atomic E-state index is 11.2. The maximum Gasteiger partial charge on any atom is 0.293 e. The van der Waals surface area contributed by atoms with Gasteiger partial charge in [-0.25, -0.2) is 13.6 Å². The Bertz CT molecular complexity index is 726. The Labute approximate surface area is 128 Å². The molecule has 0 aromatic heterocycles. The van der Waals surface area contributed by atoms with Crippen molar-refractivity contribution in [2.75, 3.05) is 23.7 Å². The molecule has 0 amide bonds. The van der Waals surface area contributed by atoms with Gasteiger partial charge in [-0.1, -0.05) is 0 Å². The monoisotopic (exact) mass is 324 g/mol. The lowest BCUT2D eigenvalue weighted by molar-refractivity contribution is -0.384. The second-order valence-corrected chi connectivity index (χ2v) is 7.02. The predicted octanol–water partition coefficient (Wildman–Crippen LogP) is 0.971. The second-order valence-electron chi connectivity index (χ2n) is 5.36. The fraction of sp³-hybridized carbons (Fsp3) is 0.462. The molecule has 1 aliphatic heterocycles. The van der Waals surface area contributed by atoms with Crippen molar-refractivity contribution >= 4 is 21.4 Å². The molecular weight excluding hydrogens is 308 g/mol. The molecule has 1 aromatic carbocycles. The quantitative estimate of drug-likeness (QED) is 0.648. The van der Waals surface area contributed by atoms with E-state index >= 15 is 0 Å². The van der Waals surface area contributed by atoms with E-state index in [-0.39, 0.29) is 22.9 Å². The molecule has 9 heteroatoms. The minimum atomic E-state index is -3.57. The fourth-order valence-electron chi connectivity index (χ4n) is 2.76. The third-order valence-electron chi connectivity index (χ3n) is 3.63. The third kappa shape index (κ3) is 3.93. The Morgan fingerprint density at radius 2 is 2.23 bits per heavy atom. The van der Waals surface area contributed by atoms with Gasteiger partial charge in [-0.15, -0.1) is 0 Å². The molecule has 0 bridgehead atoms. The van der Waals surface area contributed by atoms with Crippen LogP contribution in [0.4, 0.5) is 11.4 Å². The molecule has 0 unspecified atom stereocenters. The van der Waals surface area contributed by atoms with E-state index in [1.165, 1.54) is 18.2 Å². The molecule has 1 aromatic rings. The van der Waals surface area contributed by atoms with Gasteiger partial charge in [0.1, 0.15) is 5.69 Å². The first-order valence-electron chi connectivity index (χ1n) is 6.74. The zero-order valence-electron chi connectivity index (χ0n) is 11.8. The number of hydrogen-bond acceptors (Lipinski definition) is 6. The topological polar surface area (TPSA) is 130 Å². The highest BCUT2D eigenvalue weighted by molar-refractivity contribution is 7.89. The number of nitrogens with two attached hydrogens (primary N) is 1. The van der Waals surface area contributed by atoms with E-state index in [2.05, 4.69) is 0 Å². The summed E-state index contributed by atoms with van der Waals surface area (Å²) in [6.07, 6.45) is 1.45. The summed E-state index contributed by atoms with van der Waals surface area (Å²) in [6.45, 7) is 0.997. The minimum Gasteiger partial charge on any atom is -0.366 e. The molecular formula is C13H16N4O4S. The lowest BCUT2D eigenvalue weighted by atomic mass is 9.99. The number of primary sulfonamides is 1. The van der Waals surface area contributed by atoms with Gasteiger partial charge >= 0.3 is 0 Å². The number of piperidine rings is 1. The first-order chi connectivity index (χ1) is 10.3. The first-order valence-corrected chi connectivity index (χ1v) is 8.45. The predicted molar refractivity (Wildman–Crippen MR) is 80.7 cm³/mol. The van der Waals surface area contributed by atoms with Crippen LogP contribution in [-0.4, -0.2) is 32.2 Å². The molecule has 1 aliphatic rings. The van der Waals surface area contributed by atoms with Gasteiger partial charge in [0.05, 0.1) is 22.3 Å². The summed E-state index contributed by atoms with van der Waals surface area (Å²) in [4.78, 5) is 12.5. The molecule has 0 aliphatic carbocycles. The second kappa shape index (κ2) is 6.29. The van der Waals surface area contributed by atoms with Gasteiger partial charge in [0.2, 0.25) is 10.0 Å². The summed E-state index contributed by atoms with van der Waals surface area (Å²) in [6, 6.07) is 6.17. The van der Waals surface area contributed by atoms with Crippen molar-refractivity contribution < 1.29 is 13.3 Å². The van der Waals surface area contributed by atoms with Crippen molar-refractivity contribution in [3.63, 3.8) is 0 Å². The molecule has 1 saturated heterocycles.